The second-order valence-electron chi connectivity index (χ2n) is 5.88. The van der Waals surface area contributed by atoms with Crippen LogP contribution in [0.2, 0.25) is 0 Å². The van der Waals surface area contributed by atoms with Gasteiger partial charge in [-0.1, -0.05) is 37.3 Å². The molecular weight excluding hydrogens is 256 g/mol. The van der Waals surface area contributed by atoms with E-state index in [9.17, 15) is 0 Å². The molecule has 0 saturated heterocycles. The molecule has 1 aliphatic rings. The van der Waals surface area contributed by atoms with Gasteiger partial charge in [-0.3, -0.25) is 4.98 Å². The van der Waals surface area contributed by atoms with Crippen molar-refractivity contribution in [2.75, 3.05) is 6.54 Å². The molecule has 0 amide bonds. The van der Waals surface area contributed by atoms with E-state index >= 15 is 0 Å². The van der Waals surface area contributed by atoms with Gasteiger partial charge < -0.3 is 5.32 Å². The van der Waals surface area contributed by atoms with Crippen molar-refractivity contribution in [2.45, 2.75) is 45.1 Å². The molecule has 1 aromatic carbocycles. The summed E-state index contributed by atoms with van der Waals surface area (Å²) >= 11 is 0. The normalized spacial score (nSPS) is 17.5. The van der Waals surface area contributed by atoms with Crippen LogP contribution in [0.1, 0.15) is 48.1 Å². The van der Waals surface area contributed by atoms with Crippen molar-refractivity contribution in [3.8, 4) is 0 Å². The van der Waals surface area contributed by atoms with Crippen molar-refractivity contribution in [1.82, 2.24) is 10.3 Å². The number of aromatic nitrogens is 1. The Morgan fingerprint density at radius 3 is 3.00 bits per heavy atom. The van der Waals surface area contributed by atoms with Gasteiger partial charge in [0, 0.05) is 19.3 Å². The highest BCUT2D eigenvalue weighted by Crippen LogP contribution is 2.30. The lowest BCUT2D eigenvalue weighted by Gasteiger charge is -2.25. The molecular formula is C19H24N2. The number of benzene rings is 1. The highest BCUT2D eigenvalue weighted by molar-refractivity contribution is 5.32. The molecule has 0 aliphatic heterocycles. The molecule has 3 rings (SSSR count). The fraction of sp³-hybridized carbons (Fsp3) is 0.421. The summed E-state index contributed by atoms with van der Waals surface area (Å²) in [5.74, 6) is 0.656. The third-order valence-electron chi connectivity index (χ3n) is 4.54. The fourth-order valence-corrected chi connectivity index (χ4v) is 3.38. The molecule has 2 nitrogen and oxygen atoms in total. The zero-order valence-corrected chi connectivity index (χ0v) is 12.8. The maximum Gasteiger partial charge on any atom is 0.0573 e. The van der Waals surface area contributed by atoms with Crippen LogP contribution >= 0.6 is 0 Å². The minimum Gasteiger partial charge on any atom is -0.311 e. The lowest BCUT2D eigenvalue weighted by molar-refractivity contribution is 0.504. The average molecular weight is 280 g/mol. The first-order valence-corrected chi connectivity index (χ1v) is 8.09. The average Bonchev–Trinajstić information content (AvgIpc) is 2.55. The van der Waals surface area contributed by atoms with Gasteiger partial charge in [-0.05, 0) is 54.4 Å². The van der Waals surface area contributed by atoms with Gasteiger partial charge in [0.15, 0.2) is 0 Å². The largest absolute Gasteiger partial charge is 0.311 e. The zero-order chi connectivity index (χ0) is 14.5. The zero-order valence-electron chi connectivity index (χ0n) is 12.8. The summed E-state index contributed by atoms with van der Waals surface area (Å²) in [6.45, 7) is 4.12. The maximum atomic E-state index is 4.51. The molecule has 2 aromatic rings. The number of aryl methyl sites for hydroxylation is 2. The second-order valence-corrected chi connectivity index (χ2v) is 5.88. The Bertz CT molecular complexity index is 592. The summed E-state index contributed by atoms with van der Waals surface area (Å²) < 4.78 is 0. The third-order valence-corrected chi connectivity index (χ3v) is 4.54. The molecule has 1 aromatic heterocycles. The van der Waals surface area contributed by atoms with Crippen LogP contribution in [-0.2, 0) is 19.4 Å². The molecule has 1 N–H and O–H groups in total. The van der Waals surface area contributed by atoms with Gasteiger partial charge >= 0.3 is 0 Å². The summed E-state index contributed by atoms with van der Waals surface area (Å²) in [6, 6.07) is 13.1. The summed E-state index contributed by atoms with van der Waals surface area (Å²) in [6.07, 6.45) is 6.80. The van der Waals surface area contributed by atoms with E-state index in [2.05, 4.69) is 47.6 Å². The smallest absolute Gasteiger partial charge is 0.0573 e. The van der Waals surface area contributed by atoms with Gasteiger partial charge in [0.25, 0.3) is 0 Å². The van der Waals surface area contributed by atoms with Crippen LogP contribution < -0.4 is 5.32 Å². The van der Waals surface area contributed by atoms with E-state index < -0.39 is 0 Å². The van der Waals surface area contributed by atoms with Crippen LogP contribution in [0.4, 0.5) is 0 Å². The molecule has 1 heterocycles. The quantitative estimate of drug-likeness (QED) is 0.899. The standard InChI is InChI=1S/C19H24N2/c1-2-15-10-6-12-21-19(15)14-20-13-17-9-5-8-16-7-3-4-11-18(16)17/h3-4,6-7,10-12,17,20H,2,5,8-9,13-14H2,1H3. The van der Waals surface area contributed by atoms with Gasteiger partial charge in [-0.25, -0.2) is 0 Å². The first kappa shape index (κ1) is 14.3. The Labute approximate surface area is 127 Å². The fourth-order valence-electron chi connectivity index (χ4n) is 3.38. The summed E-state index contributed by atoms with van der Waals surface area (Å²) in [4.78, 5) is 4.51. The van der Waals surface area contributed by atoms with E-state index in [0.29, 0.717) is 5.92 Å². The van der Waals surface area contributed by atoms with E-state index in [1.807, 2.05) is 12.3 Å². The molecule has 0 bridgehead atoms. The lowest BCUT2D eigenvalue weighted by atomic mass is 9.83. The molecule has 1 aliphatic carbocycles. The molecule has 0 radical (unpaired) electrons. The summed E-state index contributed by atoms with van der Waals surface area (Å²) in [5, 5.41) is 3.62. The minimum absolute atomic E-state index is 0.656. The van der Waals surface area contributed by atoms with Gasteiger partial charge in [0.2, 0.25) is 0 Å². The van der Waals surface area contributed by atoms with Gasteiger partial charge in [0.05, 0.1) is 5.69 Å². The minimum atomic E-state index is 0.656. The number of pyridine rings is 1. The lowest BCUT2D eigenvalue weighted by Crippen LogP contribution is -2.25. The van der Waals surface area contributed by atoms with Crippen molar-refractivity contribution < 1.29 is 0 Å². The monoisotopic (exact) mass is 280 g/mol. The Hall–Kier alpha value is -1.67. The molecule has 1 unspecified atom stereocenters. The molecule has 1 atom stereocenters. The van der Waals surface area contributed by atoms with Crippen molar-refractivity contribution in [2.24, 2.45) is 0 Å². The maximum absolute atomic E-state index is 4.51. The number of hydrogen-bond donors (Lipinski definition) is 1. The van der Waals surface area contributed by atoms with E-state index in [1.54, 1.807) is 11.1 Å². The highest BCUT2D eigenvalue weighted by Gasteiger charge is 2.19. The number of hydrogen-bond acceptors (Lipinski definition) is 2. The van der Waals surface area contributed by atoms with Gasteiger partial charge in [-0.15, -0.1) is 0 Å². The van der Waals surface area contributed by atoms with Crippen LogP contribution in [0.25, 0.3) is 0 Å². The van der Waals surface area contributed by atoms with Crippen molar-refractivity contribution in [1.29, 1.82) is 0 Å². The van der Waals surface area contributed by atoms with E-state index in [-0.39, 0.29) is 0 Å². The third kappa shape index (κ3) is 3.33. The number of nitrogens with one attached hydrogen (secondary N) is 1. The molecule has 2 heteroatoms. The summed E-state index contributed by atoms with van der Waals surface area (Å²) in [5.41, 5.74) is 5.65. The Balaban J connectivity index is 1.61. The van der Waals surface area contributed by atoms with Crippen LogP contribution in [0.3, 0.4) is 0 Å². The number of nitrogens with zero attached hydrogens (tertiary/aromatic N) is 1. The van der Waals surface area contributed by atoms with Gasteiger partial charge in [0.1, 0.15) is 0 Å². The van der Waals surface area contributed by atoms with Crippen molar-refractivity contribution in [3.05, 3.63) is 65.0 Å². The number of fused-ring (bicyclic) bond motifs is 1. The highest BCUT2D eigenvalue weighted by atomic mass is 14.9. The Kier molecular flexibility index (Phi) is 4.66. The molecule has 0 fully saturated rings. The topological polar surface area (TPSA) is 24.9 Å². The Morgan fingerprint density at radius 1 is 1.19 bits per heavy atom. The van der Waals surface area contributed by atoms with Crippen LogP contribution in [-0.4, -0.2) is 11.5 Å². The predicted molar refractivity (Wildman–Crippen MR) is 87.4 cm³/mol. The van der Waals surface area contributed by atoms with Crippen molar-refractivity contribution >= 4 is 0 Å². The van der Waals surface area contributed by atoms with E-state index in [4.69, 9.17) is 0 Å². The molecule has 21 heavy (non-hydrogen) atoms. The van der Waals surface area contributed by atoms with Crippen LogP contribution in [0.5, 0.6) is 0 Å². The van der Waals surface area contributed by atoms with E-state index in [0.717, 1.165) is 19.5 Å². The number of rotatable bonds is 5. The van der Waals surface area contributed by atoms with E-state index in [1.165, 1.54) is 30.5 Å². The van der Waals surface area contributed by atoms with Gasteiger partial charge in [-0.2, -0.15) is 0 Å². The van der Waals surface area contributed by atoms with Crippen LogP contribution in [0, 0.1) is 0 Å². The second kappa shape index (κ2) is 6.86. The molecule has 0 saturated carbocycles. The predicted octanol–water partition coefficient (Wildman–Crippen LogP) is 3.85. The van der Waals surface area contributed by atoms with Crippen LogP contribution in [0.15, 0.2) is 42.6 Å². The Morgan fingerprint density at radius 2 is 2.10 bits per heavy atom. The molecule has 0 spiro atoms. The first-order chi connectivity index (χ1) is 10.4. The van der Waals surface area contributed by atoms with Crippen molar-refractivity contribution in [3.63, 3.8) is 0 Å². The first-order valence-electron chi connectivity index (χ1n) is 8.09. The SMILES string of the molecule is CCc1cccnc1CNCC1CCCc2ccccc21. The summed E-state index contributed by atoms with van der Waals surface area (Å²) in [7, 11) is 0. The molecule has 110 valence electrons.